The first-order chi connectivity index (χ1) is 14.2. The van der Waals surface area contributed by atoms with Crippen LogP contribution in [0, 0.1) is 5.82 Å². The number of benzene rings is 2. The standard InChI is InChI=1S/C23H25FN4O/c24-21-8-6-19(7-9-21)23-20(15-26-27-23)14-25-22(29)16-28-12-10-18(11-13-28)17-4-2-1-3-5-17/h1-9,15,18H,10-14,16H2,(H,25,29)(H,26,27). The summed E-state index contributed by atoms with van der Waals surface area (Å²) in [5.74, 6) is 0.313. The lowest BCUT2D eigenvalue weighted by atomic mass is 9.89. The van der Waals surface area contributed by atoms with Crippen LogP contribution in [-0.2, 0) is 11.3 Å². The Bertz CT molecular complexity index is 931. The SMILES string of the molecule is O=C(CN1CCC(c2ccccc2)CC1)NCc1cn[nH]c1-c1ccc(F)cc1. The molecular weight excluding hydrogens is 367 g/mol. The van der Waals surface area contributed by atoms with E-state index in [1.54, 1.807) is 18.3 Å². The van der Waals surface area contributed by atoms with E-state index in [0.29, 0.717) is 19.0 Å². The number of nitrogens with zero attached hydrogens (tertiary/aromatic N) is 2. The number of hydrogen-bond acceptors (Lipinski definition) is 3. The molecule has 150 valence electrons. The van der Waals surface area contributed by atoms with Crippen molar-refractivity contribution in [1.82, 2.24) is 20.4 Å². The molecule has 1 fully saturated rings. The van der Waals surface area contributed by atoms with E-state index in [9.17, 15) is 9.18 Å². The second-order valence-corrected chi connectivity index (χ2v) is 7.51. The molecule has 1 amide bonds. The van der Waals surface area contributed by atoms with Crippen LogP contribution in [-0.4, -0.2) is 40.6 Å². The zero-order chi connectivity index (χ0) is 20.1. The Morgan fingerprint density at radius 2 is 1.83 bits per heavy atom. The fraction of sp³-hybridized carbons (Fsp3) is 0.304. The third-order valence-corrected chi connectivity index (χ3v) is 5.55. The van der Waals surface area contributed by atoms with Crippen molar-refractivity contribution >= 4 is 5.91 Å². The second kappa shape index (κ2) is 9.01. The van der Waals surface area contributed by atoms with Gasteiger partial charge in [-0.15, -0.1) is 0 Å². The quantitative estimate of drug-likeness (QED) is 0.672. The van der Waals surface area contributed by atoms with Crippen LogP contribution in [0.5, 0.6) is 0 Å². The lowest BCUT2D eigenvalue weighted by molar-refractivity contribution is -0.122. The Hall–Kier alpha value is -2.99. The van der Waals surface area contributed by atoms with Gasteiger partial charge >= 0.3 is 0 Å². The number of hydrogen-bond donors (Lipinski definition) is 2. The molecular formula is C23H25FN4O. The van der Waals surface area contributed by atoms with Gasteiger partial charge in [0.25, 0.3) is 0 Å². The van der Waals surface area contributed by atoms with Gasteiger partial charge in [0.2, 0.25) is 5.91 Å². The van der Waals surface area contributed by atoms with Gasteiger partial charge in [-0.05, 0) is 61.7 Å². The number of nitrogens with one attached hydrogen (secondary N) is 2. The van der Waals surface area contributed by atoms with Crippen LogP contribution in [0.1, 0.15) is 29.9 Å². The molecule has 0 spiro atoms. The fourth-order valence-electron chi connectivity index (χ4n) is 3.91. The van der Waals surface area contributed by atoms with Gasteiger partial charge in [-0.1, -0.05) is 30.3 Å². The first-order valence-corrected chi connectivity index (χ1v) is 10.0. The van der Waals surface area contributed by atoms with Crippen LogP contribution in [0.3, 0.4) is 0 Å². The van der Waals surface area contributed by atoms with Crippen LogP contribution < -0.4 is 5.32 Å². The number of aromatic nitrogens is 2. The van der Waals surface area contributed by atoms with E-state index >= 15 is 0 Å². The van der Waals surface area contributed by atoms with Crippen molar-refractivity contribution in [2.75, 3.05) is 19.6 Å². The molecule has 1 aromatic heterocycles. The summed E-state index contributed by atoms with van der Waals surface area (Å²) in [6.45, 7) is 2.66. The van der Waals surface area contributed by atoms with E-state index in [1.807, 2.05) is 6.07 Å². The van der Waals surface area contributed by atoms with Gasteiger partial charge in [0.05, 0.1) is 18.4 Å². The van der Waals surface area contributed by atoms with Crippen LogP contribution in [0.15, 0.2) is 60.8 Å². The zero-order valence-electron chi connectivity index (χ0n) is 16.3. The molecule has 0 bridgehead atoms. The number of carbonyl (C=O) groups is 1. The molecule has 4 rings (SSSR count). The molecule has 0 atom stereocenters. The number of aromatic amines is 1. The highest BCUT2D eigenvalue weighted by molar-refractivity contribution is 5.78. The number of halogens is 1. The van der Waals surface area contributed by atoms with Gasteiger partial charge in [0, 0.05) is 17.7 Å². The van der Waals surface area contributed by atoms with Gasteiger partial charge in [-0.25, -0.2) is 4.39 Å². The van der Waals surface area contributed by atoms with Gasteiger partial charge in [-0.2, -0.15) is 5.10 Å². The van der Waals surface area contributed by atoms with Crippen molar-refractivity contribution in [2.24, 2.45) is 0 Å². The molecule has 3 aromatic rings. The number of carbonyl (C=O) groups excluding carboxylic acids is 1. The van der Waals surface area contributed by atoms with Gasteiger partial charge in [-0.3, -0.25) is 14.8 Å². The highest BCUT2D eigenvalue weighted by Crippen LogP contribution is 2.27. The minimum absolute atomic E-state index is 0.00872. The normalized spacial score (nSPS) is 15.3. The van der Waals surface area contributed by atoms with Crippen LogP contribution in [0.2, 0.25) is 0 Å². The molecule has 2 N–H and O–H groups in total. The maximum atomic E-state index is 13.1. The van der Waals surface area contributed by atoms with E-state index in [4.69, 9.17) is 0 Å². The Labute approximate surface area is 169 Å². The topological polar surface area (TPSA) is 61.0 Å². The highest BCUT2D eigenvalue weighted by atomic mass is 19.1. The van der Waals surface area contributed by atoms with E-state index in [-0.39, 0.29) is 11.7 Å². The number of likely N-dealkylation sites (tertiary alicyclic amines) is 1. The van der Waals surface area contributed by atoms with E-state index < -0.39 is 0 Å². The number of H-pyrrole nitrogens is 1. The smallest absolute Gasteiger partial charge is 0.234 e. The number of rotatable bonds is 6. The molecule has 0 unspecified atom stereocenters. The molecule has 6 heteroatoms. The summed E-state index contributed by atoms with van der Waals surface area (Å²) in [6.07, 6.45) is 3.85. The molecule has 2 aromatic carbocycles. The highest BCUT2D eigenvalue weighted by Gasteiger charge is 2.22. The predicted molar refractivity (Wildman–Crippen MR) is 111 cm³/mol. The summed E-state index contributed by atoms with van der Waals surface area (Å²) in [4.78, 5) is 14.6. The van der Waals surface area contributed by atoms with Crippen molar-refractivity contribution in [3.63, 3.8) is 0 Å². The van der Waals surface area contributed by atoms with Gasteiger partial charge in [0.15, 0.2) is 0 Å². The molecule has 0 saturated carbocycles. The third kappa shape index (κ3) is 4.90. The predicted octanol–water partition coefficient (Wildman–Crippen LogP) is 3.71. The summed E-state index contributed by atoms with van der Waals surface area (Å²) < 4.78 is 13.1. The largest absolute Gasteiger partial charge is 0.351 e. The zero-order valence-corrected chi connectivity index (χ0v) is 16.3. The molecule has 2 heterocycles. The van der Waals surface area contributed by atoms with Crippen molar-refractivity contribution in [3.8, 4) is 11.3 Å². The van der Waals surface area contributed by atoms with E-state index in [1.165, 1.54) is 17.7 Å². The first kappa shape index (κ1) is 19.3. The maximum Gasteiger partial charge on any atom is 0.234 e. The maximum absolute atomic E-state index is 13.1. The first-order valence-electron chi connectivity index (χ1n) is 10.0. The Balaban J connectivity index is 1.26. The van der Waals surface area contributed by atoms with Crippen molar-refractivity contribution in [1.29, 1.82) is 0 Å². The van der Waals surface area contributed by atoms with Gasteiger partial charge in [0.1, 0.15) is 5.82 Å². The number of piperidine rings is 1. The molecule has 1 saturated heterocycles. The van der Waals surface area contributed by atoms with Crippen molar-refractivity contribution in [2.45, 2.75) is 25.3 Å². The minimum Gasteiger partial charge on any atom is -0.351 e. The van der Waals surface area contributed by atoms with Crippen LogP contribution in [0.4, 0.5) is 4.39 Å². The van der Waals surface area contributed by atoms with Crippen LogP contribution in [0.25, 0.3) is 11.3 Å². The molecule has 1 aliphatic heterocycles. The van der Waals surface area contributed by atoms with Gasteiger partial charge < -0.3 is 5.32 Å². The molecule has 0 radical (unpaired) electrons. The second-order valence-electron chi connectivity index (χ2n) is 7.51. The lowest BCUT2D eigenvalue weighted by Gasteiger charge is -2.31. The Morgan fingerprint density at radius 3 is 2.55 bits per heavy atom. The minimum atomic E-state index is -0.279. The monoisotopic (exact) mass is 392 g/mol. The van der Waals surface area contributed by atoms with Crippen molar-refractivity contribution in [3.05, 3.63) is 77.7 Å². The Kier molecular flexibility index (Phi) is 6.00. The average Bonchev–Trinajstić information content (AvgIpc) is 3.23. The summed E-state index contributed by atoms with van der Waals surface area (Å²) in [7, 11) is 0. The third-order valence-electron chi connectivity index (χ3n) is 5.55. The number of amides is 1. The summed E-state index contributed by atoms with van der Waals surface area (Å²) in [5, 5.41) is 9.99. The fourth-order valence-corrected chi connectivity index (χ4v) is 3.91. The van der Waals surface area contributed by atoms with Crippen LogP contribution >= 0.6 is 0 Å². The average molecular weight is 392 g/mol. The molecule has 0 aliphatic carbocycles. The van der Waals surface area contributed by atoms with Crippen molar-refractivity contribution < 1.29 is 9.18 Å². The van der Waals surface area contributed by atoms with E-state index in [2.05, 4.69) is 44.7 Å². The summed E-state index contributed by atoms with van der Waals surface area (Å²) >= 11 is 0. The molecule has 5 nitrogen and oxygen atoms in total. The summed E-state index contributed by atoms with van der Waals surface area (Å²) in [5.41, 5.74) is 3.92. The molecule has 1 aliphatic rings. The lowest BCUT2D eigenvalue weighted by Crippen LogP contribution is -2.41. The van der Waals surface area contributed by atoms with E-state index in [0.717, 1.165) is 42.8 Å². The molecule has 29 heavy (non-hydrogen) atoms. The Morgan fingerprint density at radius 1 is 1.10 bits per heavy atom. The summed E-state index contributed by atoms with van der Waals surface area (Å²) in [6, 6.07) is 16.8.